The fourth-order valence-electron chi connectivity index (χ4n) is 2.76. The van der Waals surface area contributed by atoms with Crippen LogP contribution in [0.1, 0.15) is 22.7 Å². The zero-order valence-corrected chi connectivity index (χ0v) is 13.0. The molecule has 0 bridgehead atoms. The van der Waals surface area contributed by atoms with E-state index in [4.69, 9.17) is 11.6 Å². The largest absolute Gasteiger partial charge is 0.309 e. The SMILES string of the molecule is CNC(c1ccc(Cl)c(C)c1)c1ccc2ccccc2c1. The normalized spacial score (nSPS) is 12.5. The van der Waals surface area contributed by atoms with Gasteiger partial charge in [-0.05, 0) is 53.6 Å². The molecule has 3 aromatic carbocycles. The van der Waals surface area contributed by atoms with Gasteiger partial charge < -0.3 is 5.32 Å². The van der Waals surface area contributed by atoms with Crippen LogP contribution in [-0.2, 0) is 0 Å². The average molecular weight is 296 g/mol. The first-order chi connectivity index (χ1) is 10.2. The van der Waals surface area contributed by atoms with E-state index in [9.17, 15) is 0 Å². The zero-order chi connectivity index (χ0) is 14.8. The van der Waals surface area contributed by atoms with E-state index in [1.165, 1.54) is 21.9 Å². The fourth-order valence-corrected chi connectivity index (χ4v) is 2.88. The second-order valence-electron chi connectivity index (χ2n) is 5.34. The van der Waals surface area contributed by atoms with Crippen LogP contribution in [0.5, 0.6) is 0 Å². The van der Waals surface area contributed by atoms with Gasteiger partial charge in [-0.2, -0.15) is 0 Å². The van der Waals surface area contributed by atoms with E-state index in [0.29, 0.717) is 0 Å². The summed E-state index contributed by atoms with van der Waals surface area (Å²) in [6.45, 7) is 2.04. The number of rotatable bonds is 3. The van der Waals surface area contributed by atoms with Crippen molar-refractivity contribution in [1.29, 1.82) is 0 Å². The number of aryl methyl sites for hydroxylation is 1. The lowest BCUT2D eigenvalue weighted by Gasteiger charge is -2.19. The van der Waals surface area contributed by atoms with Crippen LogP contribution in [0.15, 0.2) is 60.7 Å². The lowest BCUT2D eigenvalue weighted by Crippen LogP contribution is -2.17. The Bertz CT molecular complexity index is 779. The predicted molar refractivity (Wildman–Crippen MR) is 91.0 cm³/mol. The standard InChI is InChI=1S/C19H18ClN/c1-13-11-16(9-10-18(13)20)19(21-2)17-8-7-14-5-3-4-6-15(14)12-17/h3-12,19,21H,1-2H3. The average Bonchev–Trinajstić information content (AvgIpc) is 2.51. The Labute approximate surface area is 130 Å². The summed E-state index contributed by atoms with van der Waals surface area (Å²) in [6.07, 6.45) is 0. The van der Waals surface area contributed by atoms with E-state index in [2.05, 4.69) is 59.9 Å². The van der Waals surface area contributed by atoms with Gasteiger partial charge in [0.2, 0.25) is 0 Å². The third-order valence-electron chi connectivity index (χ3n) is 3.91. The molecule has 1 atom stereocenters. The van der Waals surface area contributed by atoms with E-state index in [1.807, 2.05) is 20.0 Å². The van der Waals surface area contributed by atoms with Crippen LogP contribution in [0, 0.1) is 6.92 Å². The maximum Gasteiger partial charge on any atom is 0.0574 e. The van der Waals surface area contributed by atoms with Crippen molar-refractivity contribution in [3.63, 3.8) is 0 Å². The molecule has 106 valence electrons. The molecule has 0 amide bonds. The van der Waals surface area contributed by atoms with E-state index >= 15 is 0 Å². The van der Waals surface area contributed by atoms with Gasteiger partial charge in [-0.15, -0.1) is 0 Å². The summed E-state index contributed by atoms with van der Waals surface area (Å²) in [6, 6.07) is 21.4. The maximum atomic E-state index is 6.13. The molecule has 0 radical (unpaired) electrons. The molecule has 0 aliphatic carbocycles. The summed E-state index contributed by atoms with van der Waals surface area (Å²) >= 11 is 6.13. The predicted octanol–water partition coefficient (Wildman–Crippen LogP) is 5.11. The first kappa shape index (κ1) is 14.1. The van der Waals surface area contributed by atoms with E-state index < -0.39 is 0 Å². The van der Waals surface area contributed by atoms with Crippen LogP contribution in [-0.4, -0.2) is 7.05 Å². The summed E-state index contributed by atoms with van der Waals surface area (Å²) in [5, 5.41) is 6.75. The zero-order valence-electron chi connectivity index (χ0n) is 12.2. The number of hydrogen-bond donors (Lipinski definition) is 1. The lowest BCUT2D eigenvalue weighted by molar-refractivity contribution is 0.692. The van der Waals surface area contributed by atoms with Crippen molar-refractivity contribution in [2.24, 2.45) is 0 Å². The quantitative estimate of drug-likeness (QED) is 0.708. The number of fused-ring (bicyclic) bond motifs is 1. The Morgan fingerprint density at radius 2 is 1.52 bits per heavy atom. The van der Waals surface area contributed by atoms with Crippen molar-refractivity contribution in [2.75, 3.05) is 7.05 Å². The Morgan fingerprint density at radius 1 is 0.857 bits per heavy atom. The van der Waals surface area contributed by atoms with Crippen molar-refractivity contribution in [2.45, 2.75) is 13.0 Å². The molecule has 3 rings (SSSR count). The van der Waals surface area contributed by atoms with Crippen LogP contribution in [0.3, 0.4) is 0 Å². The summed E-state index contributed by atoms with van der Waals surface area (Å²) in [5.41, 5.74) is 3.60. The highest BCUT2D eigenvalue weighted by Gasteiger charge is 2.13. The van der Waals surface area contributed by atoms with Crippen molar-refractivity contribution in [3.8, 4) is 0 Å². The van der Waals surface area contributed by atoms with Crippen molar-refractivity contribution >= 4 is 22.4 Å². The van der Waals surface area contributed by atoms with E-state index in [0.717, 1.165) is 10.6 Å². The molecule has 0 heterocycles. The number of benzene rings is 3. The first-order valence-corrected chi connectivity index (χ1v) is 7.49. The molecule has 0 spiro atoms. The molecule has 0 aromatic heterocycles. The van der Waals surface area contributed by atoms with Crippen LogP contribution in [0.25, 0.3) is 10.8 Å². The summed E-state index contributed by atoms with van der Waals surface area (Å²) in [5.74, 6) is 0. The molecule has 1 unspecified atom stereocenters. The van der Waals surface area contributed by atoms with Crippen LogP contribution in [0.4, 0.5) is 0 Å². The monoisotopic (exact) mass is 295 g/mol. The third-order valence-corrected chi connectivity index (χ3v) is 4.33. The van der Waals surface area contributed by atoms with Gasteiger partial charge in [-0.1, -0.05) is 60.1 Å². The molecule has 0 saturated heterocycles. The second-order valence-corrected chi connectivity index (χ2v) is 5.74. The maximum absolute atomic E-state index is 6.13. The molecular weight excluding hydrogens is 278 g/mol. The van der Waals surface area contributed by atoms with Gasteiger partial charge in [0, 0.05) is 5.02 Å². The molecule has 3 aromatic rings. The van der Waals surface area contributed by atoms with Gasteiger partial charge in [-0.25, -0.2) is 0 Å². The van der Waals surface area contributed by atoms with Crippen LogP contribution < -0.4 is 5.32 Å². The van der Waals surface area contributed by atoms with Gasteiger partial charge in [0.15, 0.2) is 0 Å². The molecule has 2 heteroatoms. The Morgan fingerprint density at radius 3 is 2.24 bits per heavy atom. The lowest BCUT2D eigenvalue weighted by atomic mass is 9.95. The van der Waals surface area contributed by atoms with Gasteiger partial charge in [-0.3, -0.25) is 0 Å². The van der Waals surface area contributed by atoms with Gasteiger partial charge in [0.1, 0.15) is 0 Å². The number of halogens is 1. The highest BCUT2D eigenvalue weighted by atomic mass is 35.5. The highest BCUT2D eigenvalue weighted by Crippen LogP contribution is 2.27. The number of hydrogen-bond acceptors (Lipinski definition) is 1. The van der Waals surface area contributed by atoms with Crippen molar-refractivity contribution in [3.05, 3.63) is 82.4 Å². The van der Waals surface area contributed by atoms with Gasteiger partial charge in [0.25, 0.3) is 0 Å². The van der Waals surface area contributed by atoms with Crippen molar-refractivity contribution in [1.82, 2.24) is 5.32 Å². The minimum Gasteiger partial charge on any atom is -0.309 e. The Hall–Kier alpha value is -1.83. The topological polar surface area (TPSA) is 12.0 Å². The molecule has 21 heavy (non-hydrogen) atoms. The minimum absolute atomic E-state index is 0.172. The fraction of sp³-hybridized carbons (Fsp3) is 0.158. The molecule has 1 N–H and O–H groups in total. The van der Waals surface area contributed by atoms with Crippen LogP contribution in [0.2, 0.25) is 5.02 Å². The summed E-state index contributed by atoms with van der Waals surface area (Å²) < 4.78 is 0. The Kier molecular flexibility index (Phi) is 3.96. The first-order valence-electron chi connectivity index (χ1n) is 7.11. The number of nitrogens with one attached hydrogen (secondary N) is 1. The molecule has 0 fully saturated rings. The molecule has 1 nitrogen and oxygen atoms in total. The molecule has 0 aliphatic rings. The van der Waals surface area contributed by atoms with Crippen LogP contribution >= 0.6 is 11.6 Å². The van der Waals surface area contributed by atoms with Gasteiger partial charge >= 0.3 is 0 Å². The summed E-state index contributed by atoms with van der Waals surface area (Å²) in [7, 11) is 1.99. The van der Waals surface area contributed by atoms with Crippen molar-refractivity contribution < 1.29 is 0 Å². The third kappa shape index (κ3) is 2.80. The molecule has 0 aliphatic heterocycles. The second kappa shape index (κ2) is 5.88. The van der Waals surface area contributed by atoms with Gasteiger partial charge in [0.05, 0.1) is 6.04 Å². The smallest absolute Gasteiger partial charge is 0.0574 e. The Balaban J connectivity index is 2.06. The minimum atomic E-state index is 0.172. The van der Waals surface area contributed by atoms with E-state index in [-0.39, 0.29) is 6.04 Å². The molecule has 0 saturated carbocycles. The summed E-state index contributed by atoms with van der Waals surface area (Å²) in [4.78, 5) is 0. The highest BCUT2D eigenvalue weighted by molar-refractivity contribution is 6.31. The van der Waals surface area contributed by atoms with E-state index in [1.54, 1.807) is 0 Å². The molecular formula is C19H18ClN.